The van der Waals surface area contributed by atoms with Gasteiger partial charge in [-0.3, -0.25) is 0 Å². The molecule has 3 fully saturated rings. The van der Waals surface area contributed by atoms with Gasteiger partial charge in [-0.15, -0.1) is 0 Å². The van der Waals surface area contributed by atoms with Crippen LogP contribution in [-0.4, -0.2) is 12.6 Å². The van der Waals surface area contributed by atoms with Gasteiger partial charge in [-0.05, 0) is 48.9 Å². The Hall–Kier alpha value is -0.790. The molecule has 3 saturated carbocycles. The van der Waals surface area contributed by atoms with Crippen molar-refractivity contribution < 1.29 is 9.53 Å². The first-order chi connectivity index (χ1) is 9.29. The fourth-order valence-electron chi connectivity index (χ4n) is 5.24. The smallest absolute Gasteiger partial charge is 0.330 e. The van der Waals surface area contributed by atoms with E-state index in [9.17, 15) is 4.79 Å². The number of rotatable bonds is 3. The minimum absolute atomic E-state index is 0.252. The van der Waals surface area contributed by atoms with Gasteiger partial charge >= 0.3 is 5.97 Å². The lowest BCUT2D eigenvalue weighted by Gasteiger charge is -2.52. The number of carbonyl (C=O) groups is 1. The molecular formula is C17H26O2. The van der Waals surface area contributed by atoms with E-state index in [0.717, 1.165) is 23.7 Å². The van der Waals surface area contributed by atoms with Gasteiger partial charge in [-0.1, -0.05) is 38.7 Å². The maximum atomic E-state index is 11.3. The monoisotopic (exact) mass is 262 g/mol. The SMILES string of the molecule is C=CC(=O)OCC1CCC2CCCC3CCCC1C32. The van der Waals surface area contributed by atoms with E-state index in [1.54, 1.807) is 0 Å². The molecule has 0 amide bonds. The first kappa shape index (κ1) is 13.2. The van der Waals surface area contributed by atoms with Gasteiger partial charge in [-0.25, -0.2) is 4.79 Å². The number of carbonyl (C=O) groups excluding carboxylic acids is 1. The van der Waals surface area contributed by atoms with Gasteiger partial charge in [0.1, 0.15) is 0 Å². The Balaban J connectivity index is 1.67. The van der Waals surface area contributed by atoms with E-state index < -0.39 is 0 Å². The van der Waals surface area contributed by atoms with Crippen molar-refractivity contribution in [2.24, 2.45) is 29.6 Å². The first-order valence-electron chi connectivity index (χ1n) is 8.08. The Morgan fingerprint density at radius 1 is 1.05 bits per heavy atom. The third kappa shape index (κ3) is 2.59. The molecule has 0 heterocycles. The first-order valence-corrected chi connectivity index (χ1v) is 8.08. The summed E-state index contributed by atoms with van der Waals surface area (Å²) in [5.74, 6) is 4.11. The molecule has 5 atom stereocenters. The Morgan fingerprint density at radius 3 is 2.47 bits per heavy atom. The van der Waals surface area contributed by atoms with E-state index in [2.05, 4.69) is 6.58 Å². The summed E-state index contributed by atoms with van der Waals surface area (Å²) >= 11 is 0. The summed E-state index contributed by atoms with van der Waals surface area (Å²) in [6, 6.07) is 0. The van der Waals surface area contributed by atoms with E-state index in [0.29, 0.717) is 12.5 Å². The van der Waals surface area contributed by atoms with Gasteiger partial charge in [0.2, 0.25) is 0 Å². The second kappa shape index (κ2) is 5.68. The lowest BCUT2D eigenvalue weighted by Crippen LogP contribution is -2.45. The zero-order valence-corrected chi connectivity index (χ0v) is 11.9. The van der Waals surface area contributed by atoms with Crippen LogP contribution in [-0.2, 0) is 9.53 Å². The fraction of sp³-hybridized carbons (Fsp3) is 0.824. The quantitative estimate of drug-likeness (QED) is 0.568. The number of esters is 1. The molecule has 2 nitrogen and oxygen atoms in total. The molecule has 0 aromatic rings. The minimum atomic E-state index is -0.252. The Morgan fingerprint density at radius 2 is 1.74 bits per heavy atom. The lowest BCUT2D eigenvalue weighted by molar-refractivity contribution is -0.142. The average Bonchev–Trinajstić information content (AvgIpc) is 2.47. The number of hydrogen-bond donors (Lipinski definition) is 0. The molecule has 0 aromatic heterocycles. The molecule has 0 spiro atoms. The maximum Gasteiger partial charge on any atom is 0.330 e. The molecule has 0 radical (unpaired) electrons. The van der Waals surface area contributed by atoms with E-state index >= 15 is 0 Å². The van der Waals surface area contributed by atoms with Crippen LogP contribution in [0.15, 0.2) is 12.7 Å². The van der Waals surface area contributed by atoms with Crippen molar-refractivity contribution in [3.8, 4) is 0 Å². The van der Waals surface area contributed by atoms with Crippen LogP contribution in [0.5, 0.6) is 0 Å². The van der Waals surface area contributed by atoms with Gasteiger partial charge < -0.3 is 4.74 Å². The summed E-state index contributed by atoms with van der Waals surface area (Å²) in [7, 11) is 0. The van der Waals surface area contributed by atoms with Crippen LogP contribution >= 0.6 is 0 Å². The molecule has 3 rings (SSSR count). The zero-order chi connectivity index (χ0) is 13.2. The summed E-state index contributed by atoms with van der Waals surface area (Å²) in [5.41, 5.74) is 0. The summed E-state index contributed by atoms with van der Waals surface area (Å²) < 4.78 is 5.34. The molecule has 2 heteroatoms. The summed E-state index contributed by atoms with van der Waals surface area (Å²) in [5, 5.41) is 0. The van der Waals surface area contributed by atoms with Crippen molar-refractivity contribution in [1.29, 1.82) is 0 Å². The maximum absolute atomic E-state index is 11.3. The van der Waals surface area contributed by atoms with Crippen molar-refractivity contribution >= 4 is 5.97 Å². The minimum Gasteiger partial charge on any atom is -0.462 e. The highest BCUT2D eigenvalue weighted by atomic mass is 16.5. The standard InChI is InChI=1S/C17H26O2/c1-2-16(18)19-11-14-10-9-13-6-3-5-12-7-4-8-15(14)17(12)13/h2,12-15,17H,1,3-11H2. The van der Waals surface area contributed by atoms with Crippen molar-refractivity contribution in [3.63, 3.8) is 0 Å². The topological polar surface area (TPSA) is 26.3 Å². The van der Waals surface area contributed by atoms with E-state index in [1.165, 1.54) is 57.4 Å². The molecule has 0 saturated heterocycles. The van der Waals surface area contributed by atoms with E-state index in [-0.39, 0.29) is 5.97 Å². The molecule has 106 valence electrons. The fourth-order valence-corrected chi connectivity index (χ4v) is 5.24. The molecule has 5 unspecified atom stereocenters. The molecule has 0 aromatic carbocycles. The van der Waals surface area contributed by atoms with Crippen LogP contribution in [0.1, 0.15) is 51.4 Å². The number of ether oxygens (including phenoxy) is 1. The van der Waals surface area contributed by atoms with Crippen molar-refractivity contribution in [2.75, 3.05) is 6.61 Å². The largest absolute Gasteiger partial charge is 0.462 e. The molecular weight excluding hydrogens is 236 g/mol. The van der Waals surface area contributed by atoms with Crippen LogP contribution in [0.4, 0.5) is 0 Å². The second-order valence-electron chi connectivity index (χ2n) is 6.79. The van der Waals surface area contributed by atoms with Gasteiger partial charge in [0.05, 0.1) is 6.61 Å². The molecule has 0 aliphatic heterocycles. The molecule has 3 aliphatic rings. The highest BCUT2D eigenvalue weighted by Gasteiger charge is 2.46. The van der Waals surface area contributed by atoms with Gasteiger partial charge in [0, 0.05) is 6.08 Å². The van der Waals surface area contributed by atoms with Crippen LogP contribution in [0.2, 0.25) is 0 Å². The van der Waals surface area contributed by atoms with Crippen LogP contribution in [0.3, 0.4) is 0 Å². The zero-order valence-electron chi connectivity index (χ0n) is 11.9. The van der Waals surface area contributed by atoms with E-state index in [1.807, 2.05) is 0 Å². The Labute approximate surface area is 116 Å². The average molecular weight is 262 g/mol. The number of hydrogen-bond acceptors (Lipinski definition) is 2. The normalized spacial score (nSPS) is 41.2. The van der Waals surface area contributed by atoms with Gasteiger partial charge in [0.25, 0.3) is 0 Å². The van der Waals surface area contributed by atoms with Crippen molar-refractivity contribution in [3.05, 3.63) is 12.7 Å². The van der Waals surface area contributed by atoms with Crippen LogP contribution < -0.4 is 0 Å². The van der Waals surface area contributed by atoms with Crippen molar-refractivity contribution in [2.45, 2.75) is 51.4 Å². The second-order valence-corrected chi connectivity index (χ2v) is 6.79. The molecule has 19 heavy (non-hydrogen) atoms. The van der Waals surface area contributed by atoms with Crippen molar-refractivity contribution in [1.82, 2.24) is 0 Å². The highest BCUT2D eigenvalue weighted by Crippen LogP contribution is 2.54. The third-order valence-corrected chi connectivity index (χ3v) is 5.97. The van der Waals surface area contributed by atoms with Gasteiger partial charge in [0.15, 0.2) is 0 Å². The van der Waals surface area contributed by atoms with Crippen LogP contribution in [0.25, 0.3) is 0 Å². The molecule has 3 aliphatic carbocycles. The predicted molar refractivity (Wildman–Crippen MR) is 75.5 cm³/mol. The summed E-state index contributed by atoms with van der Waals surface area (Å²) in [6.45, 7) is 4.11. The van der Waals surface area contributed by atoms with Gasteiger partial charge in [-0.2, -0.15) is 0 Å². The predicted octanol–water partition coefficient (Wildman–Crippen LogP) is 3.96. The third-order valence-electron chi connectivity index (χ3n) is 5.97. The van der Waals surface area contributed by atoms with E-state index in [4.69, 9.17) is 4.74 Å². The summed E-state index contributed by atoms with van der Waals surface area (Å²) in [4.78, 5) is 11.3. The summed E-state index contributed by atoms with van der Waals surface area (Å²) in [6.07, 6.45) is 12.5. The van der Waals surface area contributed by atoms with Crippen LogP contribution in [0, 0.1) is 29.6 Å². The Bertz CT molecular complexity index is 340. The molecule has 0 N–H and O–H groups in total. The lowest BCUT2D eigenvalue weighted by atomic mass is 9.53. The Kier molecular flexibility index (Phi) is 3.95. The highest BCUT2D eigenvalue weighted by molar-refractivity contribution is 5.81. The molecule has 0 bridgehead atoms.